The van der Waals surface area contributed by atoms with E-state index in [9.17, 15) is 19.7 Å². The molecule has 0 radical (unpaired) electrons. The molecule has 7 nitrogen and oxygen atoms in total. The molecule has 0 aliphatic carbocycles. The van der Waals surface area contributed by atoms with E-state index >= 15 is 0 Å². The van der Waals surface area contributed by atoms with Gasteiger partial charge in [-0.15, -0.1) is 0 Å². The number of nitro groups is 1. The number of carboxylic acids is 1. The van der Waals surface area contributed by atoms with Gasteiger partial charge in [-0.1, -0.05) is 12.1 Å². The van der Waals surface area contributed by atoms with Crippen molar-refractivity contribution in [2.45, 2.75) is 33.2 Å². The largest absolute Gasteiger partial charge is 0.481 e. The summed E-state index contributed by atoms with van der Waals surface area (Å²) in [5.41, 5.74) is 0.148. The van der Waals surface area contributed by atoms with Crippen molar-refractivity contribution in [3.8, 4) is 0 Å². The first-order valence-corrected chi connectivity index (χ1v) is 6.52. The van der Waals surface area contributed by atoms with Gasteiger partial charge in [0.2, 0.25) is 0 Å². The predicted molar refractivity (Wildman–Crippen MR) is 76.3 cm³/mol. The summed E-state index contributed by atoms with van der Waals surface area (Å²) in [6.07, 6.45) is -0.205. The van der Waals surface area contributed by atoms with E-state index in [1.54, 1.807) is 32.9 Å². The summed E-state index contributed by atoms with van der Waals surface area (Å²) in [5, 5.41) is 19.9. The minimum atomic E-state index is -1.02. The average Bonchev–Trinajstić information content (AvgIpc) is 2.37. The summed E-state index contributed by atoms with van der Waals surface area (Å²) in [6, 6.07) is 4.28. The molecule has 7 heteroatoms. The second-order valence-electron chi connectivity index (χ2n) is 4.96. The van der Waals surface area contributed by atoms with Gasteiger partial charge < -0.3 is 10.0 Å². The molecule has 0 aromatic heterocycles. The summed E-state index contributed by atoms with van der Waals surface area (Å²) in [6.45, 7) is 5.05. The smallest absolute Gasteiger partial charge is 0.305 e. The van der Waals surface area contributed by atoms with Crippen LogP contribution in [0.1, 0.15) is 36.2 Å². The molecule has 1 rings (SSSR count). The Labute approximate surface area is 122 Å². The zero-order valence-electron chi connectivity index (χ0n) is 12.2. The van der Waals surface area contributed by atoms with Crippen LogP contribution in [0.3, 0.4) is 0 Å². The first-order valence-electron chi connectivity index (χ1n) is 6.52. The fraction of sp³-hybridized carbons (Fsp3) is 0.429. The van der Waals surface area contributed by atoms with E-state index in [2.05, 4.69) is 0 Å². The lowest BCUT2D eigenvalue weighted by atomic mass is 10.1. The van der Waals surface area contributed by atoms with Crippen molar-refractivity contribution in [3.05, 3.63) is 39.4 Å². The second kappa shape index (κ2) is 6.83. The summed E-state index contributed by atoms with van der Waals surface area (Å²) < 4.78 is 0. The summed E-state index contributed by atoms with van der Waals surface area (Å²) in [4.78, 5) is 35.1. The van der Waals surface area contributed by atoms with Crippen LogP contribution in [0.25, 0.3) is 0 Å². The minimum Gasteiger partial charge on any atom is -0.481 e. The molecule has 0 bridgehead atoms. The van der Waals surface area contributed by atoms with Crippen LogP contribution in [-0.4, -0.2) is 39.4 Å². The van der Waals surface area contributed by atoms with E-state index in [4.69, 9.17) is 5.11 Å². The van der Waals surface area contributed by atoms with Crippen LogP contribution in [0.5, 0.6) is 0 Å². The Bertz CT molecular complexity index is 568. The molecule has 0 atom stereocenters. The lowest BCUT2D eigenvalue weighted by molar-refractivity contribution is -0.385. The van der Waals surface area contributed by atoms with Gasteiger partial charge in [-0.2, -0.15) is 0 Å². The van der Waals surface area contributed by atoms with Gasteiger partial charge in [0.25, 0.3) is 11.6 Å². The summed E-state index contributed by atoms with van der Waals surface area (Å²) in [5.74, 6) is -1.55. The number of para-hydroxylation sites is 1. The molecule has 0 fully saturated rings. The van der Waals surface area contributed by atoms with Crippen LogP contribution >= 0.6 is 0 Å². The van der Waals surface area contributed by atoms with Crippen molar-refractivity contribution in [2.24, 2.45) is 0 Å². The van der Waals surface area contributed by atoms with Gasteiger partial charge in [-0.05, 0) is 26.8 Å². The fourth-order valence-electron chi connectivity index (χ4n) is 2.04. The second-order valence-corrected chi connectivity index (χ2v) is 4.96. The quantitative estimate of drug-likeness (QED) is 0.640. The number of hydrogen-bond donors (Lipinski definition) is 1. The molecule has 114 valence electrons. The van der Waals surface area contributed by atoms with Crippen LogP contribution in [-0.2, 0) is 4.79 Å². The van der Waals surface area contributed by atoms with Crippen molar-refractivity contribution in [1.82, 2.24) is 4.90 Å². The minimum absolute atomic E-state index is 0.0108. The zero-order chi connectivity index (χ0) is 16.2. The molecule has 1 aromatic carbocycles. The molecule has 0 heterocycles. The van der Waals surface area contributed by atoms with E-state index < -0.39 is 16.8 Å². The SMILES string of the molecule is Cc1cccc(C(=O)N(CCC(=O)O)C(C)C)c1[N+](=O)[O-]. The topological polar surface area (TPSA) is 101 Å². The van der Waals surface area contributed by atoms with Crippen molar-refractivity contribution < 1.29 is 19.6 Å². The number of nitrogens with zero attached hydrogens (tertiary/aromatic N) is 2. The Morgan fingerprint density at radius 1 is 1.38 bits per heavy atom. The van der Waals surface area contributed by atoms with Crippen LogP contribution in [0, 0.1) is 17.0 Å². The normalized spacial score (nSPS) is 10.5. The lowest BCUT2D eigenvalue weighted by Gasteiger charge is -2.26. The maximum Gasteiger partial charge on any atom is 0.305 e. The highest BCUT2D eigenvalue weighted by atomic mass is 16.6. The number of rotatable bonds is 6. The monoisotopic (exact) mass is 294 g/mol. The number of hydrogen-bond acceptors (Lipinski definition) is 4. The number of amides is 1. The number of nitro benzene ring substituents is 1. The van der Waals surface area contributed by atoms with Crippen molar-refractivity contribution in [3.63, 3.8) is 0 Å². The highest BCUT2D eigenvalue weighted by Crippen LogP contribution is 2.25. The third-order valence-electron chi connectivity index (χ3n) is 3.10. The maximum atomic E-state index is 12.5. The van der Waals surface area contributed by atoms with Gasteiger partial charge in [-0.3, -0.25) is 19.7 Å². The van der Waals surface area contributed by atoms with Crippen molar-refractivity contribution in [2.75, 3.05) is 6.54 Å². The van der Waals surface area contributed by atoms with Gasteiger partial charge in [0.1, 0.15) is 5.56 Å². The Hall–Kier alpha value is -2.44. The number of carboxylic acid groups (broad SMARTS) is 1. The molecule has 0 aliphatic rings. The number of benzene rings is 1. The maximum absolute atomic E-state index is 12.5. The number of aliphatic carboxylic acids is 1. The van der Waals surface area contributed by atoms with E-state index in [1.165, 1.54) is 11.0 Å². The van der Waals surface area contributed by atoms with Crippen molar-refractivity contribution in [1.29, 1.82) is 0 Å². The Balaban J connectivity index is 3.18. The summed E-state index contributed by atoms with van der Waals surface area (Å²) in [7, 11) is 0. The molecule has 0 saturated heterocycles. The highest BCUT2D eigenvalue weighted by molar-refractivity contribution is 5.99. The van der Waals surface area contributed by atoms with Crippen LogP contribution in [0.4, 0.5) is 5.69 Å². The molecule has 0 spiro atoms. The van der Waals surface area contributed by atoms with E-state index in [0.717, 1.165) is 0 Å². The molecule has 0 aliphatic heterocycles. The molecule has 1 aromatic rings. The number of carbonyl (C=O) groups excluding carboxylic acids is 1. The van der Waals surface area contributed by atoms with Crippen LogP contribution in [0.15, 0.2) is 18.2 Å². The first kappa shape index (κ1) is 16.6. The van der Waals surface area contributed by atoms with Gasteiger partial charge >= 0.3 is 5.97 Å². The Morgan fingerprint density at radius 2 is 2.00 bits per heavy atom. The first-order chi connectivity index (χ1) is 9.75. The van der Waals surface area contributed by atoms with Gasteiger partial charge in [0.05, 0.1) is 11.3 Å². The third-order valence-corrected chi connectivity index (χ3v) is 3.10. The summed E-state index contributed by atoms with van der Waals surface area (Å²) >= 11 is 0. The molecule has 0 saturated carbocycles. The molecule has 0 unspecified atom stereocenters. The Morgan fingerprint density at radius 3 is 2.48 bits per heavy atom. The van der Waals surface area contributed by atoms with Crippen LogP contribution in [0.2, 0.25) is 0 Å². The van der Waals surface area contributed by atoms with E-state index in [-0.39, 0.29) is 30.3 Å². The number of carbonyl (C=O) groups is 2. The molecule has 1 amide bonds. The van der Waals surface area contributed by atoms with Crippen LogP contribution < -0.4 is 0 Å². The van der Waals surface area contributed by atoms with Crippen molar-refractivity contribution >= 4 is 17.6 Å². The van der Waals surface area contributed by atoms with E-state index in [1.807, 2.05) is 0 Å². The highest BCUT2D eigenvalue weighted by Gasteiger charge is 2.27. The number of aryl methyl sites for hydroxylation is 1. The predicted octanol–water partition coefficient (Wildman–Crippen LogP) is 2.23. The zero-order valence-corrected chi connectivity index (χ0v) is 12.2. The van der Waals surface area contributed by atoms with Gasteiger partial charge in [0, 0.05) is 18.2 Å². The average molecular weight is 294 g/mol. The van der Waals surface area contributed by atoms with Gasteiger partial charge in [-0.25, -0.2) is 0 Å². The fourth-order valence-corrected chi connectivity index (χ4v) is 2.04. The molecule has 21 heavy (non-hydrogen) atoms. The molecule has 1 N–H and O–H groups in total. The third kappa shape index (κ3) is 4.01. The standard InChI is InChI=1S/C14H18N2O5/c1-9(2)15(8-7-12(17)18)14(19)11-6-4-5-10(3)13(11)16(20)21/h4-6,9H,7-8H2,1-3H3,(H,17,18). The molecular weight excluding hydrogens is 276 g/mol. The van der Waals surface area contributed by atoms with Gasteiger partial charge in [0.15, 0.2) is 0 Å². The Kier molecular flexibility index (Phi) is 5.40. The molecular formula is C14H18N2O5. The van der Waals surface area contributed by atoms with E-state index in [0.29, 0.717) is 5.56 Å². The lowest BCUT2D eigenvalue weighted by Crippen LogP contribution is -2.38.